The van der Waals surface area contributed by atoms with E-state index in [0.29, 0.717) is 5.15 Å². The van der Waals surface area contributed by atoms with Gasteiger partial charge in [0.15, 0.2) is 0 Å². The van der Waals surface area contributed by atoms with Gasteiger partial charge in [0.1, 0.15) is 16.0 Å². The van der Waals surface area contributed by atoms with Crippen molar-refractivity contribution < 1.29 is 5.11 Å². The molecule has 0 saturated carbocycles. The summed E-state index contributed by atoms with van der Waals surface area (Å²) in [4.78, 5) is 8.61. The zero-order valence-corrected chi connectivity index (χ0v) is 11.6. The molecule has 5 heteroatoms. The van der Waals surface area contributed by atoms with Gasteiger partial charge in [0.25, 0.3) is 0 Å². The summed E-state index contributed by atoms with van der Waals surface area (Å²) in [6.07, 6.45) is 0.389. The van der Waals surface area contributed by atoms with Crippen LogP contribution in [0.25, 0.3) is 0 Å². The third kappa shape index (κ3) is 3.34. The van der Waals surface area contributed by atoms with Gasteiger partial charge < -0.3 is 5.11 Å². The van der Waals surface area contributed by atoms with Crippen molar-refractivity contribution in [2.45, 2.75) is 50.5 Å². The molecule has 1 aromatic rings. The van der Waals surface area contributed by atoms with Gasteiger partial charge in [0.05, 0.1) is 6.10 Å². The average molecular weight is 261 g/mol. The lowest BCUT2D eigenvalue weighted by Crippen LogP contribution is -2.15. The highest BCUT2D eigenvalue weighted by atomic mass is 35.5. The molecule has 0 radical (unpaired) electrons. The van der Waals surface area contributed by atoms with Crippen LogP contribution in [0.2, 0.25) is 5.15 Å². The van der Waals surface area contributed by atoms with Crippen molar-refractivity contribution in [1.29, 1.82) is 0 Å². The zero-order chi connectivity index (χ0) is 12.3. The van der Waals surface area contributed by atoms with Crippen LogP contribution in [0.3, 0.4) is 0 Å². The fourth-order valence-electron chi connectivity index (χ4n) is 1.06. The number of halogens is 1. The first-order chi connectivity index (χ1) is 7.45. The molecule has 2 unspecified atom stereocenters. The molecule has 2 atom stereocenters. The Kier molecular flexibility index (Phi) is 5.02. The van der Waals surface area contributed by atoms with Gasteiger partial charge in [-0.2, -0.15) is 0 Å². The summed E-state index contributed by atoms with van der Waals surface area (Å²) in [5.41, 5.74) is 0.886. The Morgan fingerprint density at radius 3 is 2.50 bits per heavy atom. The number of aliphatic hydroxyl groups is 1. The van der Waals surface area contributed by atoms with Crippen molar-refractivity contribution in [1.82, 2.24) is 9.97 Å². The molecular formula is C11H17ClN2OS. The van der Waals surface area contributed by atoms with Crippen LogP contribution in [0.15, 0.2) is 5.03 Å². The summed E-state index contributed by atoms with van der Waals surface area (Å²) >= 11 is 7.57. The van der Waals surface area contributed by atoms with Gasteiger partial charge in [-0.1, -0.05) is 25.4 Å². The molecule has 0 saturated heterocycles. The summed E-state index contributed by atoms with van der Waals surface area (Å²) in [6, 6.07) is 0. The molecule has 90 valence electrons. The zero-order valence-electron chi connectivity index (χ0n) is 9.99. The van der Waals surface area contributed by atoms with E-state index < -0.39 is 0 Å². The molecule has 0 aliphatic rings. The van der Waals surface area contributed by atoms with Crippen molar-refractivity contribution >= 4 is 23.4 Å². The molecule has 0 bridgehead atoms. The second-order valence-electron chi connectivity index (χ2n) is 3.78. The highest BCUT2D eigenvalue weighted by molar-refractivity contribution is 7.99. The molecule has 1 aromatic heterocycles. The van der Waals surface area contributed by atoms with Crippen molar-refractivity contribution in [3.8, 4) is 0 Å². The maximum Gasteiger partial charge on any atom is 0.136 e. The first-order valence-electron chi connectivity index (χ1n) is 5.33. The van der Waals surface area contributed by atoms with Crippen LogP contribution in [0.5, 0.6) is 0 Å². The quantitative estimate of drug-likeness (QED) is 0.668. The highest BCUT2D eigenvalue weighted by Gasteiger charge is 2.15. The molecule has 0 aromatic carbocycles. The highest BCUT2D eigenvalue weighted by Crippen LogP contribution is 2.29. The normalized spacial score (nSPS) is 14.9. The van der Waals surface area contributed by atoms with Gasteiger partial charge in [-0.3, -0.25) is 0 Å². The van der Waals surface area contributed by atoms with Gasteiger partial charge in [-0.15, -0.1) is 11.8 Å². The van der Waals surface area contributed by atoms with Crippen molar-refractivity contribution in [3.63, 3.8) is 0 Å². The molecule has 0 fully saturated rings. The summed E-state index contributed by atoms with van der Waals surface area (Å²) in [5.74, 6) is 0.746. The largest absolute Gasteiger partial charge is 0.392 e. The van der Waals surface area contributed by atoms with Gasteiger partial charge in [0.2, 0.25) is 0 Å². The van der Waals surface area contributed by atoms with E-state index >= 15 is 0 Å². The minimum absolute atomic E-state index is 0.0920. The number of aromatic nitrogens is 2. The van der Waals surface area contributed by atoms with E-state index in [1.54, 1.807) is 6.92 Å². The van der Waals surface area contributed by atoms with E-state index in [2.05, 4.69) is 9.97 Å². The summed E-state index contributed by atoms with van der Waals surface area (Å²) in [7, 11) is 0. The third-order valence-corrected chi connectivity index (χ3v) is 4.14. The van der Waals surface area contributed by atoms with Gasteiger partial charge >= 0.3 is 0 Å². The minimum Gasteiger partial charge on any atom is -0.392 e. The van der Waals surface area contributed by atoms with E-state index in [4.69, 9.17) is 11.6 Å². The van der Waals surface area contributed by atoms with Crippen LogP contribution in [-0.4, -0.2) is 26.4 Å². The molecule has 0 spiro atoms. The molecule has 1 rings (SSSR count). The smallest absolute Gasteiger partial charge is 0.136 e. The lowest BCUT2D eigenvalue weighted by Gasteiger charge is -2.15. The first-order valence-corrected chi connectivity index (χ1v) is 6.59. The van der Waals surface area contributed by atoms with Gasteiger partial charge in [-0.05, 0) is 13.8 Å². The SMILES string of the molecule is CCc1nc(Cl)c(C)c(SC(C)C(C)O)n1. The average Bonchev–Trinajstić information content (AvgIpc) is 2.24. The first kappa shape index (κ1) is 13.7. The number of aliphatic hydroxyl groups excluding tert-OH is 1. The van der Waals surface area contributed by atoms with Crippen LogP contribution in [0.4, 0.5) is 0 Å². The molecule has 0 amide bonds. The number of aryl methyl sites for hydroxylation is 1. The van der Waals surface area contributed by atoms with Crippen LogP contribution >= 0.6 is 23.4 Å². The third-order valence-electron chi connectivity index (χ3n) is 2.38. The summed E-state index contributed by atoms with van der Waals surface area (Å²) in [6.45, 7) is 7.64. The number of hydrogen-bond acceptors (Lipinski definition) is 4. The number of hydrogen-bond donors (Lipinski definition) is 1. The van der Waals surface area contributed by atoms with Crippen molar-refractivity contribution in [3.05, 3.63) is 16.5 Å². The molecule has 1 N–H and O–H groups in total. The molecular weight excluding hydrogens is 244 g/mol. The number of thioether (sulfide) groups is 1. The molecule has 3 nitrogen and oxygen atoms in total. The van der Waals surface area contributed by atoms with E-state index in [-0.39, 0.29) is 11.4 Å². The minimum atomic E-state index is -0.372. The Hall–Kier alpha value is -0.320. The fraction of sp³-hybridized carbons (Fsp3) is 0.636. The Labute approximate surface area is 106 Å². The number of nitrogens with zero attached hydrogens (tertiary/aromatic N) is 2. The molecule has 1 heterocycles. The number of rotatable bonds is 4. The van der Waals surface area contributed by atoms with E-state index in [1.165, 1.54) is 11.8 Å². The predicted molar refractivity (Wildman–Crippen MR) is 68.2 cm³/mol. The van der Waals surface area contributed by atoms with Crippen LogP contribution in [0.1, 0.15) is 32.2 Å². The Morgan fingerprint density at radius 1 is 1.38 bits per heavy atom. The lowest BCUT2D eigenvalue weighted by molar-refractivity contribution is 0.196. The van der Waals surface area contributed by atoms with E-state index in [9.17, 15) is 5.11 Å². The Bertz CT molecular complexity index is 371. The van der Waals surface area contributed by atoms with Gasteiger partial charge in [-0.25, -0.2) is 9.97 Å². The standard InChI is InChI=1S/C11H17ClN2OS/c1-5-9-13-10(12)6(2)11(14-9)16-8(4)7(3)15/h7-8,15H,5H2,1-4H3. The van der Waals surface area contributed by atoms with Crippen LogP contribution < -0.4 is 0 Å². The maximum atomic E-state index is 9.47. The van der Waals surface area contributed by atoms with Crippen molar-refractivity contribution in [2.75, 3.05) is 0 Å². The van der Waals surface area contributed by atoms with Crippen LogP contribution in [-0.2, 0) is 6.42 Å². The van der Waals surface area contributed by atoms with Crippen LogP contribution in [0, 0.1) is 6.92 Å². The Morgan fingerprint density at radius 2 is 2.00 bits per heavy atom. The Balaban J connectivity index is 2.98. The molecule has 0 aliphatic heterocycles. The second-order valence-corrected chi connectivity index (χ2v) is 5.50. The fourth-order valence-corrected chi connectivity index (χ4v) is 2.28. The predicted octanol–water partition coefficient (Wildman–Crippen LogP) is 2.86. The maximum absolute atomic E-state index is 9.47. The van der Waals surface area contributed by atoms with E-state index in [1.807, 2.05) is 20.8 Å². The van der Waals surface area contributed by atoms with Gasteiger partial charge in [0, 0.05) is 17.2 Å². The monoisotopic (exact) mass is 260 g/mol. The molecule has 0 aliphatic carbocycles. The molecule has 16 heavy (non-hydrogen) atoms. The van der Waals surface area contributed by atoms with Crippen molar-refractivity contribution in [2.24, 2.45) is 0 Å². The van der Waals surface area contributed by atoms with E-state index in [0.717, 1.165) is 22.8 Å². The summed E-state index contributed by atoms with van der Waals surface area (Å²) < 4.78 is 0. The summed E-state index contributed by atoms with van der Waals surface area (Å²) in [5, 5.41) is 10.9. The topological polar surface area (TPSA) is 46.0 Å². The second kappa shape index (κ2) is 5.84. The lowest BCUT2D eigenvalue weighted by atomic mass is 10.3.